The van der Waals surface area contributed by atoms with Gasteiger partial charge >= 0.3 is 0 Å². The minimum atomic E-state index is -0.00232. The first-order valence-electron chi connectivity index (χ1n) is 8.43. The van der Waals surface area contributed by atoms with E-state index in [-0.39, 0.29) is 18.1 Å². The normalized spacial score (nSPS) is 17.2. The van der Waals surface area contributed by atoms with Gasteiger partial charge in [0.05, 0.1) is 11.7 Å². The van der Waals surface area contributed by atoms with Crippen LogP contribution >= 0.6 is 0 Å². The molecule has 0 bridgehead atoms. The standard InChI is InChI=1S/C20H24N2O2/c1-14(2)24-17-8-6-7-16(11-17)13-22-12-15(3)21-20(23)18-9-4-5-10-19(18)22/h4-11,14-15H,12-13H2,1-3H3,(H,21,23)/t15-/m1/s1. The average Bonchev–Trinajstić information content (AvgIpc) is 2.64. The predicted octanol–water partition coefficient (Wildman–Crippen LogP) is 3.61. The third kappa shape index (κ3) is 3.70. The highest BCUT2D eigenvalue weighted by molar-refractivity contribution is 6.00. The van der Waals surface area contributed by atoms with Crippen molar-refractivity contribution < 1.29 is 9.53 Å². The van der Waals surface area contributed by atoms with Crippen LogP contribution in [0.15, 0.2) is 48.5 Å². The number of nitrogens with one attached hydrogen (secondary N) is 1. The predicted molar refractivity (Wildman–Crippen MR) is 96.6 cm³/mol. The number of rotatable bonds is 4. The van der Waals surface area contributed by atoms with Crippen LogP contribution in [0.1, 0.15) is 36.7 Å². The molecule has 0 aliphatic carbocycles. The molecule has 1 N–H and O–H groups in total. The van der Waals surface area contributed by atoms with Gasteiger partial charge in [-0.25, -0.2) is 0 Å². The van der Waals surface area contributed by atoms with Gasteiger partial charge in [-0.15, -0.1) is 0 Å². The number of nitrogens with zero attached hydrogens (tertiary/aromatic N) is 1. The molecule has 24 heavy (non-hydrogen) atoms. The first kappa shape index (κ1) is 16.4. The van der Waals surface area contributed by atoms with E-state index in [9.17, 15) is 4.79 Å². The van der Waals surface area contributed by atoms with Gasteiger partial charge < -0.3 is 15.0 Å². The number of amides is 1. The molecule has 0 saturated carbocycles. The van der Waals surface area contributed by atoms with Crippen LogP contribution in [0.4, 0.5) is 5.69 Å². The monoisotopic (exact) mass is 324 g/mol. The van der Waals surface area contributed by atoms with Crippen LogP contribution in [0.3, 0.4) is 0 Å². The lowest BCUT2D eigenvalue weighted by atomic mass is 10.1. The van der Waals surface area contributed by atoms with Crippen LogP contribution in [-0.2, 0) is 6.54 Å². The van der Waals surface area contributed by atoms with Crippen LogP contribution in [0.25, 0.3) is 0 Å². The second-order valence-corrected chi connectivity index (χ2v) is 6.59. The number of benzene rings is 2. The number of carbonyl (C=O) groups excluding carboxylic acids is 1. The molecule has 3 rings (SSSR count). The summed E-state index contributed by atoms with van der Waals surface area (Å²) in [4.78, 5) is 14.6. The van der Waals surface area contributed by atoms with E-state index >= 15 is 0 Å². The zero-order valence-electron chi connectivity index (χ0n) is 14.5. The smallest absolute Gasteiger partial charge is 0.253 e. The molecule has 0 aromatic heterocycles. The molecule has 2 aromatic carbocycles. The van der Waals surface area contributed by atoms with Crippen LogP contribution in [0.5, 0.6) is 5.75 Å². The Bertz CT molecular complexity index is 727. The van der Waals surface area contributed by atoms with Crippen molar-refractivity contribution in [1.82, 2.24) is 5.32 Å². The second kappa shape index (κ2) is 6.95. The minimum Gasteiger partial charge on any atom is -0.491 e. The molecule has 126 valence electrons. The molecule has 1 atom stereocenters. The maximum Gasteiger partial charge on any atom is 0.253 e. The molecule has 0 radical (unpaired) electrons. The molecule has 0 spiro atoms. The number of ether oxygens (including phenoxy) is 1. The molecule has 0 unspecified atom stereocenters. The number of carbonyl (C=O) groups is 1. The Kier molecular flexibility index (Phi) is 4.74. The number of hydrogen-bond acceptors (Lipinski definition) is 3. The van der Waals surface area contributed by atoms with Crippen molar-refractivity contribution in [3.8, 4) is 5.75 Å². The Hall–Kier alpha value is -2.49. The van der Waals surface area contributed by atoms with Crippen LogP contribution in [0.2, 0.25) is 0 Å². The average molecular weight is 324 g/mol. The fourth-order valence-corrected chi connectivity index (χ4v) is 3.08. The first-order chi connectivity index (χ1) is 11.5. The van der Waals surface area contributed by atoms with Crippen molar-refractivity contribution in [3.05, 3.63) is 59.7 Å². The van der Waals surface area contributed by atoms with E-state index in [1.165, 1.54) is 5.56 Å². The fourth-order valence-electron chi connectivity index (χ4n) is 3.08. The molecule has 1 heterocycles. The number of para-hydroxylation sites is 1. The molecule has 1 amide bonds. The van der Waals surface area contributed by atoms with Gasteiger partial charge in [0.15, 0.2) is 0 Å². The van der Waals surface area contributed by atoms with Gasteiger partial charge in [-0.05, 0) is 50.6 Å². The summed E-state index contributed by atoms with van der Waals surface area (Å²) in [5.41, 5.74) is 2.88. The highest BCUT2D eigenvalue weighted by Gasteiger charge is 2.23. The second-order valence-electron chi connectivity index (χ2n) is 6.59. The Morgan fingerprint density at radius 2 is 2.00 bits per heavy atom. The molecule has 0 fully saturated rings. The Balaban J connectivity index is 1.88. The highest BCUT2D eigenvalue weighted by Crippen LogP contribution is 2.26. The van der Waals surface area contributed by atoms with E-state index in [1.807, 2.05) is 57.2 Å². The zero-order valence-corrected chi connectivity index (χ0v) is 14.5. The lowest BCUT2D eigenvalue weighted by Gasteiger charge is -2.26. The van der Waals surface area contributed by atoms with Crippen LogP contribution in [-0.4, -0.2) is 24.6 Å². The molecule has 2 aromatic rings. The van der Waals surface area contributed by atoms with Gasteiger partial charge in [0.25, 0.3) is 5.91 Å². The van der Waals surface area contributed by atoms with Crippen LogP contribution in [0, 0.1) is 0 Å². The van der Waals surface area contributed by atoms with Crippen molar-refractivity contribution >= 4 is 11.6 Å². The van der Waals surface area contributed by atoms with Crippen molar-refractivity contribution in [2.45, 2.75) is 39.5 Å². The number of anilines is 1. The molecule has 1 aliphatic heterocycles. The van der Waals surface area contributed by atoms with Crippen molar-refractivity contribution in [2.24, 2.45) is 0 Å². The maximum atomic E-state index is 12.3. The van der Waals surface area contributed by atoms with Gasteiger partial charge in [0, 0.05) is 24.8 Å². The summed E-state index contributed by atoms with van der Waals surface area (Å²) in [7, 11) is 0. The first-order valence-corrected chi connectivity index (χ1v) is 8.43. The molecular formula is C20H24N2O2. The maximum absolute atomic E-state index is 12.3. The summed E-state index contributed by atoms with van der Waals surface area (Å²) in [5.74, 6) is 0.880. The lowest BCUT2D eigenvalue weighted by molar-refractivity contribution is 0.0945. The van der Waals surface area contributed by atoms with Gasteiger partial charge in [-0.3, -0.25) is 4.79 Å². The number of fused-ring (bicyclic) bond motifs is 1. The zero-order chi connectivity index (χ0) is 17.1. The van der Waals surface area contributed by atoms with E-state index in [0.29, 0.717) is 0 Å². The van der Waals surface area contributed by atoms with Gasteiger partial charge in [0.2, 0.25) is 0 Å². The summed E-state index contributed by atoms with van der Waals surface area (Å²) in [6.07, 6.45) is 0.154. The lowest BCUT2D eigenvalue weighted by Crippen LogP contribution is -2.38. The summed E-state index contributed by atoms with van der Waals surface area (Å²) >= 11 is 0. The highest BCUT2D eigenvalue weighted by atomic mass is 16.5. The van der Waals surface area contributed by atoms with Crippen molar-refractivity contribution in [2.75, 3.05) is 11.4 Å². The molecular weight excluding hydrogens is 300 g/mol. The van der Waals surface area contributed by atoms with Gasteiger partial charge in [-0.2, -0.15) is 0 Å². The van der Waals surface area contributed by atoms with Gasteiger partial charge in [0.1, 0.15) is 5.75 Å². The molecule has 4 nitrogen and oxygen atoms in total. The molecule has 0 saturated heterocycles. The summed E-state index contributed by atoms with van der Waals surface area (Å²) in [5, 5.41) is 3.05. The molecule has 1 aliphatic rings. The summed E-state index contributed by atoms with van der Waals surface area (Å²) < 4.78 is 5.79. The van der Waals surface area contributed by atoms with Crippen molar-refractivity contribution in [1.29, 1.82) is 0 Å². The van der Waals surface area contributed by atoms with E-state index in [2.05, 4.69) is 22.3 Å². The third-order valence-electron chi connectivity index (χ3n) is 4.00. The SMILES string of the molecule is CC(C)Oc1cccc(CN2C[C@@H](C)NC(=O)c3ccccc32)c1. The topological polar surface area (TPSA) is 41.6 Å². The molecule has 4 heteroatoms. The van der Waals surface area contributed by atoms with E-state index in [1.54, 1.807) is 0 Å². The minimum absolute atomic E-state index is 0.00232. The Morgan fingerprint density at radius 1 is 1.21 bits per heavy atom. The largest absolute Gasteiger partial charge is 0.491 e. The van der Waals surface area contributed by atoms with E-state index in [0.717, 1.165) is 30.1 Å². The Labute approximate surface area is 143 Å². The summed E-state index contributed by atoms with van der Waals surface area (Å²) in [6, 6.07) is 16.1. The summed E-state index contributed by atoms with van der Waals surface area (Å²) in [6.45, 7) is 7.60. The third-order valence-corrected chi connectivity index (χ3v) is 4.00. The quantitative estimate of drug-likeness (QED) is 0.934. The number of hydrogen-bond donors (Lipinski definition) is 1. The van der Waals surface area contributed by atoms with Crippen LogP contribution < -0.4 is 15.0 Å². The fraction of sp³-hybridized carbons (Fsp3) is 0.350. The Morgan fingerprint density at radius 3 is 2.79 bits per heavy atom. The van der Waals surface area contributed by atoms with Gasteiger partial charge in [-0.1, -0.05) is 24.3 Å². The van der Waals surface area contributed by atoms with Crippen molar-refractivity contribution in [3.63, 3.8) is 0 Å². The van der Waals surface area contributed by atoms with E-state index in [4.69, 9.17) is 4.74 Å². The van der Waals surface area contributed by atoms with E-state index < -0.39 is 0 Å².